The van der Waals surface area contributed by atoms with E-state index in [1.165, 1.54) is 38.3 Å². The molecule has 0 fully saturated rings. The van der Waals surface area contributed by atoms with Crippen LogP contribution in [0.5, 0.6) is 5.75 Å². The van der Waals surface area contributed by atoms with Crippen molar-refractivity contribution in [1.29, 1.82) is 0 Å². The third kappa shape index (κ3) is 4.84. The smallest absolute Gasteiger partial charge is 0.341 e. The minimum absolute atomic E-state index is 0.237. The van der Waals surface area contributed by atoms with Gasteiger partial charge in [-0.15, -0.1) is 0 Å². The second kappa shape index (κ2) is 8.18. The summed E-state index contributed by atoms with van der Waals surface area (Å²) in [6, 6.07) is 8.21. The summed E-state index contributed by atoms with van der Waals surface area (Å²) in [5.41, 5.74) is 0.0135. The van der Waals surface area contributed by atoms with Gasteiger partial charge in [0.05, 0.1) is 23.4 Å². The van der Waals surface area contributed by atoms with E-state index in [2.05, 4.69) is 5.32 Å². The molecule has 0 saturated heterocycles. The highest BCUT2D eigenvalue weighted by atomic mass is 35.5. The lowest BCUT2D eigenvalue weighted by atomic mass is 10.2. The molecular weight excluding hydrogens is 372 g/mol. The van der Waals surface area contributed by atoms with E-state index in [1.807, 2.05) is 0 Å². The van der Waals surface area contributed by atoms with Crippen LogP contribution >= 0.6 is 23.2 Å². The Bertz CT molecular complexity index is 813. The number of carbonyl (C=O) groups is 2. The molecule has 8 heteroatoms. The zero-order valence-corrected chi connectivity index (χ0v) is 14.8. The van der Waals surface area contributed by atoms with Gasteiger partial charge in [-0.1, -0.05) is 23.2 Å². The van der Waals surface area contributed by atoms with Gasteiger partial charge in [0.25, 0.3) is 5.91 Å². The molecule has 0 aliphatic rings. The third-order valence-corrected chi connectivity index (χ3v) is 3.79. The number of benzene rings is 2. The highest BCUT2D eigenvalue weighted by Gasteiger charge is 2.22. The maximum atomic E-state index is 13.9. The third-order valence-electron chi connectivity index (χ3n) is 3.24. The van der Waals surface area contributed by atoms with E-state index < -0.39 is 23.8 Å². The number of anilines is 1. The molecule has 1 atom stereocenters. The van der Waals surface area contributed by atoms with Crippen molar-refractivity contribution in [3.8, 4) is 5.75 Å². The number of amides is 1. The Balaban J connectivity index is 2.04. The Hall–Kier alpha value is -2.31. The molecule has 2 rings (SSSR count). The summed E-state index contributed by atoms with van der Waals surface area (Å²) in [6.07, 6.45) is -1.17. The van der Waals surface area contributed by atoms with E-state index in [4.69, 9.17) is 32.7 Å². The van der Waals surface area contributed by atoms with Gasteiger partial charge in [0.2, 0.25) is 0 Å². The first-order valence-corrected chi connectivity index (χ1v) is 7.88. The fraction of sp³-hybridized carbons (Fsp3) is 0.176. The fourth-order valence-corrected chi connectivity index (χ4v) is 2.35. The molecule has 2 aromatic rings. The average Bonchev–Trinajstić information content (AvgIpc) is 2.56. The van der Waals surface area contributed by atoms with E-state index >= 15 is 0 Å². The van der Waals surface area contributed by atoms with Gasteiger partial charge in [-0.05, 0) is 37.3 Å². The fourth-order valence-electron chi connectivity index (χ4n) is 1.89. The normalized spacial score (nSPS) is 11.6. The molecule has 25 heavy (non-hydrogen) atoms. The lowest BCUT2D eigenvalue weighted by Crippen LogP contribution is -2.30. The van der Waals surface area contributed by atoms with E-state index in [-0.39, 0.29) is 16.3 Å². The maximum Gasteiger partial charge on any atom is 0.341 e. The van der Waals surface area contributed by atoms with Crippen LogP contribution in [0.1, 0.15) is 17.3 Å². The molecule has 132 valence electrons. The quantitative estimate of drug-likeness (QED) is 0.778. The topological polar surface area (TPSA) is 64.6 Å². The molecule has 0 heterocycles. The summed E-state index contributed by atoms with van der Waals surface area (Å²) in [6.45, 7) is 1.36. The van der Waals surface area contributed by atoms with Crippen LogP contribution in [0.15, 0.2) is 36.4 Å². The van der Waals surface area contributed by atoms with E-state index in [0.717, 1.165) is 6.07 Å². The summed E-state index contributed by atoms with van der Waals surface area (Å²) in [7, 11) is 1.38. The highest BCUT2D eigenvalue weighted by Crippen LogP contribution is 2.25. The minimum Gasteiger partial charge on any atom is -0.497 e. The first kappa shape index (κ1) is 19.0. The van der Waals surface area contributed by atoms with Gasteiger partial charge in [0.1, 0.15) is 11.6 Å². The second-order valence-corrected chi connectivity index (χ2v) is 5.85. The Morgan fingerprint density at radius 1 is 1.16 bits per heavy atom. The maximum absolute atomic E-state index is 13.9. The van der Waals surface area contributed by atoms with Crippen LogP contribution in [0.4, 0.5) is 10.1 Å². The van der Waals surface area contributed by atoms with E-state index in [9.17, 15) is 14.0 Å². The van der Waals surface area contributed by atoms with Crippen LogP contribution in [0.2, 0.25) is 10.0 Å². The molecule has 1 N–H and O–H groups in total. The zero-order chi connectivity index (χ0) is 18.6. The van der Waals surface area contributed by atoms with Gasteiger partial charge in [0, 0.05) is 11.1 Å². The van der Waals surface area contributed by atoms with Crippen LogP contribution in [0.3, 0.4) is 0 Å². The number of nitrogens with one attached hydrogen (secondary N) is 1. The van der Waals surface area contributed by atoms with Crippen molar-refractivity contribution < 1.29 is 23.5 Å². The summed E-state index contributed by atoms with van der Waals surface area (Å²) in [5.74, 6) is -2.13. The van der Waals surface area contributed by atoms with Crippen molar-refractivity contribution in [3.05, 3.63) is 57.8 Å². The molecule has 0 saturated carbocycles. The van der Waals surface area contributed by atoms with Crippen LogP contribution in [0, 0.1) is 5.82 Å². The standard InChI is InChI=1S/C17H14Cl2FNO4/c1-9(16(22)21-15-6-3-10(18)7-13(15)19)25-17(23)12-5-4-11(24-2)8-14(12)20/h3-9H,1-2H3,(H,21,22)/t9-/m0/s1. The summed E-state index contributed by atoms with van der Waals surface area (Å²) in [4.78, 5) is 24.1. The van der Waals surface area contributed by atoms with Gasteiger partial charge < -0.3 is 14.8 Å². The van der Waals surface area contributed by atoms with E-state index in [1.54, 1.807) is 6.07 Å². The molecule has 0 aliphatic carbocycles. The Kier molecular flexibility index (Phi) is 6.22. The van der Waals surface area contributed by atoms with Gasteiger partial charge in [-0.2, -0.15) is 0 Å². The number of hydrogen-bond donors (Lipinski definition) is 1. The molecule has 0 aromatic heterocycles. The summed E-state index contributed by atoms with van der Waals surface area (Å²) in [5, 5.41) is 3.16. The predicted octanol–water partition coefficient (Wildman–Crippen LogP) is 4.33. The van der Waals surface area contributed by atoms with Crippen LogP contribution in [-0.4, -0.2) is 25.1 Å². The Morgan fingerprint density at radius 3 is 2.48 bits per heavy atom. The highest BCUT2D eigenvalue weighted by molar-refractivity contribution is 6.36. The second-order valence-electron chi connectivity index (χ2n) is 5.01. The molecule has 5 nitrogen and oxygen atoms in total. The summed E-state index contributed by atoms with van der Waals surface area (Å²) < 4.78 is 23.7. The Morgan fingerprint density at radius 2 is 1.88 bits per heavy atom. The van der Waals surface area contributed by atoms with Gasteiger partial charge >= 0.3 is 5.97 Å². The first-order valence-electron chi connectivity index (χ1n) is 7.12. The molecule has 1 amide bonds. The van der Waals surface area contributed by atoms with Crippen molar-refractivity contribution in [2.24, 2.45) is 0 Å². The number of ether oxygens (including phenoxy) is 2. The molecule has 2 aromatic carbocycles. The number of methoxy groups -OCH3 is 1. The zero-order valence-electron chi connectivity index (χ0n) is 13.3. The van der Waals surface area contributed by atoms with E-state index in [0.29, 0.717) is 10.7 Å². The summed E-state index contributed by atoms with van der Waals surface area (Å²) >= 11 is 11.7. The lowest BCUT2D eigenvalue weighted by Gasteiger charge is -2.14. The van der Waals surface area contributed by atoms with Crippen molar-refractivity contribution >= 4 is 40.8 Å². The molecule has 0 aliphatic heterocycles. The average molecular weight is 386 g/mol. The molecule has 0 bridgehead atoms. The monoisotopic (exact) mass is 385 g/mol. The van der Waals surface area contributed by atoms with Crippen molar-refractivity contribution in [2.45, 2.75) is 13.0 Å². The Labute approximate surface area is 153 Å². The molecule has 0 radical (unpaired) electrons. The molecule has 0 spiro atoms. The predicted molar refractivity (Wildman–Crippen MR) is 92.9 cm³/mol. The van der Waals surface area contributed by atoms with Crippen LogP contribution in [-0.2, 0) is 9.53 Å². The van der Waals surface area contributed by atoms with Gasteiger partial charge in [-0.3, -0.25) is 4.79 Å². The van der Waals surface area contributed by atoms with Crippen molar-refractivity contribution in [1.82, 2.24) is 0 Å². The largest absolute Gasteiger partial charge is 0.497 e. The number of rotatable bonds is 5. The van der Waals surface area contributed by atoms with Gasteiger partial charge in [-0.25, -0.2) is 9.18 Å². The minimum atomic E-state index is -1.17. The number of esters is 1. The van der Waals surface area contributed by atoms with Crippen LogP contribution < -0.4 is 10.1 Å². The van der Waals surface area contributed by atoms with Crippen molar-refractivity contribution in [2.75, 3.05) is 12.4 Å². The molecular formula is C17H14Cl2FNO4. The number of halogens is 3. The number of hydrogen-bond acceptors (Lipinski definition) is 4. The van der Waals surface area contributed by atoms with Crippen LogP contribution in [0.25, 0.3) is 0 Å². The van der Waals surface area contributed by atoms with Crippen molar-refractivity contribution in [3.63, 3.8) is 0 Å². The lowest BCUT2D eigenvalue weighted by molar-refractivity contribution is -0.123. The molecule has 0 unspecified atom stereocenters. The number of carbonyl (C=O) groups excluding carboxylic acids is 2. The SMILES string of the molecule is COc1ccc(C(=O)O[C@@H](C)C(=O)Nc2ccc(Cl)cc2Cl)c(F)c1. The first-order chi connectivity index (χ1) is 11.8. The van der Waals surface area contributed by atoms with Gasteiger partial charge in [0.15, 0.2) is 6.10 Å².